The van der Waals surface area contributed by atoms with Crippen LogP contribution in [0.4, 0.5) is 4.39 Å². The summed E-state index contributed by atoms with van der Waals surface area (Å²) in [4.78, 5) is 31.9. The Morgan fingerprint density at radius 1 is 1.00 bits per heavy atom. The number of hydrogen-bond donors (Lipinski definition) is 0. The van der Waals surface area contributed by atoms with Gasteiger partial charge >= 0.3 is 0 Å². The minimum Gasteiger partial charge on any atom is -0.339 e. The Bertz CT molecular complexity index is 1690. The fourth-order valence-electron chi connectivity index (χ4n) is 4.60. The van der Waals surface area contributed by atoms with Gasteiger partial charge in [-0.2, -0.15) is 4.80 Å². The van der Waals surface area contributed by atoms with Crippen molar-refractivity contribution in [3.63, 3.8) is 0 Å². The van der Waals surface area contributed by atoms with Crippen molar-refractivity contribution in [3.05, 3.63) is 98.9 Å². The maximum Gasteiger partial charge on any atom is 0.270 e. The van der Waals surface area contributed by atoms with Crippen molar-refractivity contribution >= 4 is 33.8 Å². The molecule has 6 rings (SSSR count). The molecule has 1 fully saturated rings. The number of aromatic nitrogens is 3. The molecule has 0 bridgehead atoms. The third-order valence-corrected chi connectivity index (χ3v) is 7.07. The van der Waals surface area contributed by atoms with E-state index in [1.54, 1.807) is 24.0 Å². The summed E-state index contributed by atoms with van der Waals surface area (Å²) in [6.45, 7) is 2.07. The van der Waals surface area contributed by atoms with Crippen molar-refractivity contribution < 1.29 is 18.7 Å². The summed E-state index contributed by atoms with van der Waals surface area (Å²) in [6.07, 6.45) is 0.583. The largest absolute Gasteiger partial charge is 0.339 e. The molecule has 0 N–H and O–H groups in total. The maximum atomic E-state index is 13.7. The topological polar surface area (TPSA) is 89.7 Å². The number of hydrogen-bond acceptors (Lipinski definition) is 5. The molecule has 4 aromatic rings. The molecule has 2 atom stereocenters. The van der Waals surface area contributed by atoms with Gasteiger partial charge in [-0.1, -0.05) is 28.1 Å². The lowest BCUT2D eigenvalue weighted by Crippen LogP contribution is -2.33. The molecule has 1 saturated heterocycles. The minimum absolute atomic E-state index is 0.160. The first-order chi connectivity index (χ1) is 18.4. The van der Waals surface area contributed by atoms with Crippen molar-refractivity contribution in [2.45, 2.75) is 25.7 Å². The highest BCUT2D eigenvalue weighted by atomic mass is 79.9. The second-order valence-corrected chi connectivity index (χ2v) is 10.0. The van der Waals surface area contributed by atoms with Gasteiger partial charge in [0.25, 0.3) is 11.8 Å². The van der Waals surface area contributed by atoms with Crippen molar-refractivity contribution in [1.82, 2.24) is 19.9 Å². The molecule has 1 aromatic heterocycles. The van der Waals surface area contributed by atoms with Crippen LogP contribution in [0.1, 0.15) is 24.4 Å². The van der Waals surface area contributed by atoms with Gasteiger partial charge in [-0.15, -0.1) is 10.2 Å². The lowest BCUT2D eigenvalue weighted by molar-refractivity contribution is -0.130. The normalized spacial score (nSPS) is 18.4. The molecule has 2 aliphatic heterocycles. The molecule has 38 heavy (non-hydrogen) atoms. The number of halogens is 2. The van der Waals surface area contributed by atoms with Crippen molar-refractivity contribution in [3.8, 4) is 16.9 Å². The van der Waals surface area contributed by atoms with Crippen molar-refractivity contribution in [2.24, 2.45) is 4.99 Å². The second-order valence-electron chi connectivity index (χ2n) is 9.11. The van der Waals surface area contributed by atoms with E-state index in [0.717, 1.165) is 20.9 Å². The van der Waals surface area contributed by atoms with E-state index in [2.05, 4.69) is 20.9 Å². The Labute approximate surface area is 225 Å². The number of carbonyl (C=O) groups is 2. The van der Waals surface area contributed by atoms with Crippen LogP contribution < -0.4 is 10.6 Å². The molecular weight excluding hydrogens is 553 g/mol. The molecule has 3 aromatic carbocycles. The smallest absolute Gasteiger partial charge is 0.270 e. The Balaban J connectivity index is 1.36. The first kappa shape index (κ1) is 24.3. The lowest BCUT2D eigenvalue weighted by atomic mass is 10.1. The number of rotatable bonds is 6. The van der Waals surface area contributed by atoms with Gasteiger partial charge in [0.15, 0.2) is 6.23 Å². The summed E-state index contributed by atoms with van der Waals surface area (Å²) in [7, 11) is 0. The van der Waals surface area contributed by atoms with E-state index in [1.807, 2.05) is 42.5 Å². The average molecular weight is 574 g/mol. The predicted octanol–water partition coefficient (Wildman–Crippen LogP) is 3.26. The zero-order valence-corrected chi connectivity index (χ0v) is 21.8. The average Bonchev–Trinajstić information content (AvgIpc) is 3.58. The molecule has 3 heterocycles. The van der Waals surface area contributed by atoms with Crippen molar-refractivity contribution in [1.29, 1.82) is 0 Å². The highest BCUT2D eigenvalue weighted by molar-refractivity contribution is 9.10. The molecule has 1 unspecified atom stereocenters. The number of amides is 2. The molecule has 0 spiro atoms. The van der Waals surface area contributed by atoms with Gasteiger partial charge in [0.1, 0.15) is 23.3 Å². The molecule has 10 heteroatoms. The van der Waals surface area contributed by atoms with Crippen molar-refractivity contribution in [2.75, 3.05) is 6.54 Å². The summed E-state index contributed by atoms with van der Waals surface area (Å²) >= 11 is 3.44. The molecule has 2 aliphatic rings. The quantitative estimate of drug-likeness (QED) is 0.353. The van der Waals surface area contributed by atoms with Gasteiger partial charge in [-0.05, 0) is 73.5 Å². The van der Waals surface area contributed by atoms with Crippen LogP contribution in [0.5, 0.6) is 0 Å². The van der Waals surface area contributed by atoms with Gasteiger partial charge in [0.05, 0.1) is 11.0 Å². The summed E-state index contributed by atoms with van der Waals surface area (Å²) in [5, 5.41) is 10.9. The summed E-state index contributed by atoms with van der Waals surface area (Å²) in [5.74, 6) is -0.789. The summed E-state index contributed by atoms with van der Waals surface area (Å²) < 4.78 is 20.7. The second kappa shape index (κ2) is 9.70. The number of benzene rings is 3. The van der Waals surface area contributed by atoms with E-state index >= 15 is 0 Å². The first-order valence-electron chi connectivity index (χ1n) is 12.0. The monoisotopic (exact) mass is 573 g/mol. The Kier molecular flexibility index (Phi) is 6.21. The fraction of sp³-hybridized carbons (Fsp3) is 0.179. The van der Waals surface area contributed by atoms with Crippen LogP contribution in [-0.4, -0.2) is 44.4 Å². The van der Waals surface area contributed by atoms with Crippen LogP contribution in [0, 0.1) is 5.82 Å². The van der Waals surface area contributed by atoms with E-state index in [4.69, 9.17) is 14.9 Å². The Morgan fingerprint density at radius 3 is 2.53 bits per heavy atom. The Hall–Kier alpha value is -4.02. The SMILES string of the molecule is CC1O[C@@H](c2nn(-c3ccc(Br)cc3)nc2-c2ccc(F)cc2)N(CCc2ccc3c(c2)=NC(=O)C=3)C1=O. The van der Waals surface area contributed by atoms with Crippen LogP contribution >= 0.6 is 15.9 Å². The Morgan fingerprint density at radius 2 is 1.76 bits per heavy atom. The molecule has 2 amide bonds. The molecule has 0 aliphatic carbocycles. The van der Waals surface area contributed by atoms with Gasteiger partial charge in [0, 0.05) is 27.9 Å². The standard InChI is InChI=1S/C28H21BrFN5O3/c1-16-27(37)34(13-12-17-2-3-19-15-24(36)31-23(19)14-17)28(38-16)26-25(18-4-8-21(30)9-5-18)32-35(33-26)22-10-6-20(29)7-11-22/h2-11,14-16,28H,12-13H2,1H3/t16?,28-/m0/s1. The van der Waals surface area contributed by atoms with Crippen LogP contribution in [-0.2, 0) is 20.7 Å². The van der Waals surface area contributed by atoms with Crippen LogP contribution in [0.2, 0.25) is 0 Å². The predicted molar refractivity (Wildman–Crippen MR) is 140 cm³/mol. The van der Waals surface area contributed by atoms with Gasteiger partial charge in [-0.3, -0.25) is 9.59 Å². The highest BCUT2D eigenvalue weighted by Crippen LogP contribution is 2.36. The fourth-order valence-corrected chi connectivity index (χ4v) is 4.86. The van der Waals surface area contributed by atoms with Gasteiger partial charge in [-0.25, -0.2) is 9.38 Å². The highest BCUT2D eigenvalue weighted by Gasteiger charge is 2.41. The third-order valence-electron chi connectivity index (χ3n) is 6.54. The van der Waals surface area contributed by atoms with E-state index in [-0.39, 0.29) is 17.6 Å². The van der Waals surface area contributed by atoms with E-state index < -0.39 is 12.3 Å². The number of ether oxygens (including phenoxy) is 1. The summed E-state index contributed by atoms with van der Waals surface area (Å²) in [5.41, 5.74) is 3.27. The lowest BCUT2D eigenvalue weighted by Gasteiger charge is -2.22. The summed E-state index contributed by atoms with van der Waals surface area (Å²) in [6, 6.07) is 19.1. The first-order valence-corrected chi connectivity index (χ1v) is 12.8. The van der Waals surface area contributed by atoms with Crippen LogP contribution in [0.25, 0.3) is 23.0 Å². The zero-order chi connectivity index (χ0) is 26.4. The number of fused-ring (bicyclic) bond motifs is 1. The van der Waals surface area contributed by atoms with Gasteiger partial charge < -0.3 is 9.64 Å². The molecule has 0 saturated carbocycles. The molecule has 190 valence electrons. The van der Waals surface area contributed by atoms with E-state index in [9.17, 15) is 14.0 Å². The third kappa shape index (κ3) is 4.57. The van der Waals surface area contributed by atoms with E-state index in [0.29, 0.717) is 35.3 Å². The number of carbonyl (C=O) groups excluding carboxylic acids is 2. The molecular formula is C28H21BrFN5O3. The van der Waals surface area contributed by atoms with Crippen LogP contribution in [0.15, 0.2) is 76.2 Å². The maximum absolute atomic E-state index is 13.7. The minimum atomic E-state index is -0.782. The molecule has 0 radical (unpaired) electrons. The van der Waals surface area contributed by atoms with E-state index in [1.165, 1.54) is 23.0 Å². The number of nitrogens with zero attached hydrogens (tertiary/aromatic N) is 5. The zero-order valence-electron chi connectivity index (χ0n) is 20.2. The van der Waals surface area contributed by atoms with Crippen LogP contribution in [0.3, 0.4) is 0 Å². The molecule has 8 nitrogen and oxygen atoms in total. The van der Waals surface area contributed by atoms with Gasteiger partial charge in [0.2, 0.25) is 0 Å².